The van der Waals surface area contributed by atoms with Crippen molar-refractivity contribution in [3.05, 3.63) is 35.9 Å². The van der Waals surface area contributed by atoms with E-state index in [1.54, 1.807) is 30.3 Å². The monoisotopic (exact) mass is 463 g/mol. The van der Waals surface area contributed by atoms with E-state index in [1.807, 2.05) is 0 Å². The van der Waals surface area contributed by atoms with Gasteiger partial charge in [-0.25, -0.2) is 4.79 Å². The Bertz CT molecular complexity index is 879. The van der Waals surface area contributed by atoms with Crippen molar-refractivity contribution in [2.45, 2.75) is 49.9 Å². The number of likely N-dealkylation sites (tertiary alicyclic amines) is 1. The molecule has 0 saturated carbocycles. The van der Waals surface area contributed by atoms with Crippen molar-refractivity contribution in [1.82, 2.24) is 15.5 Å². The van der Waals surface area contributed by atoms with Gasteiger partial charge in [0.25, 0.3) is 0 Å². The number of primary amides is 1. The first-order valence-electron chi connectivity index (χ1n) is 10.5. The Balaban J connectivity index is 2.17. The zero-order valence-corrected chi connectivity index (χ0v) is 18.0. The average Bonchev–Trinajstić information content (AvgIpc) is 3.26. The summed E-state index contributed by atoms with van der Waals surface area (Å²) in [5.74, 6) is -4.17. The molecule has 8 N–H and O–H groups in total. The van der Waals surface area contributed by atoms with Crippen molar-refractivity contribution in [3.63, 3.8) is 0 Å². The van der Waals surface area contributed by atoms with Gasteiger partial charge in [-0.15, -0.1) is 0 Å². The van der Waals surface area contributed by atoms with Crippen LogP contribution in [0.3, 0.4) is 0 Å². The van der Waals surface area contributed by atoms with Crippen molar-refractivity contribution < 1.29 is 34.2 Å². The number of aliphatic hydroxyl groups is 1. The molecule has 12 heteroatoms. The molecule has 0 bridgehead atoms. The van der Waals surface area contributed by atoms with Crippen molar-refractivity contribution in [2.75, 3.05) is 13.2 Å². The Labute approximate surface area is 190 Å². The molecule has 4 amide bonds. The fraction of sp³-hybridized carbons (Fsp3) is 0.476. The van der Waals surface area contributed by atoms with Crippen LogP contribution >= 0.6 is 0 Å². The van der Waals surface area contributed by atoms with E-state index in [-0.39, 0.29) is 19.4 Å². The highest BCUT2D eigenvalue weighted by Gasteiger charge is 2.38. The first-order chi connectivity index (χ1) is 15.6. The van der Waals surface area contributed by atoms with Gasteiger partial charge in [-0.05, 0) is 18.4 Å². The Hall–Kier alpha value is -3.51. The predicted molar refractivity (Wildman–Crippen MR) is 115 cm³/mol. The summed E-state index contributed by atoms with van der Waals surface area (Å²) < 4.78 is 0. The maximum atomic E-state index is 13.0. The smallest absolute Gasteiger partial charge is 0.328 e. The molecular formula is C21H29N5O7. The average molecular weight is 463 g/mol. The molecule has 2 rings (SSSR count). The molecule has 1 fully saturated rings. The molecule has 1 saturated heterocycles. The van der Waals surface area contributed by atoms with Crippen LogP contribution in [0.25, 0.3) is 0 Å². The van der Waals surface area contributed by atoms with Gasteiger partial charge >= 0.3 is 5.97 Å². The van der Waals surface area contributed by atoms with Gasteiger partial charge in [-0.2, -0.15) is 0 Å². The van der Waals surface area contributed by atoms with Gasteiger partial charge in [0.15, 0.2) is 0 Å². The summed E-state index contributed by atoms with van der Waals surface area (Å²) in [7, 11) is 0. The van der Waals surface area contributed by atoms with E-state index in [4.69, 9.17) is 16.6 Å². The molecule has 0 aromatic heterocycles. The number of carbonyl (C=O) groups excluding carboxylic acids is 4. The maximum absolute atomic E-state index is 13.0. The molecule has 1 heterocycles. The zero-order valence-electron chi connectivity index (χ0n) is 18.0. The second-order valence-corrected chi connectivity index (χ2v) is 7.80. The Kier molecular flexibility index (Phi) is 9.30. The number of rotatable bonds is 11. The van der Waals surface area contributed by atoms with Gasteiger partial charge in [0.2, 0.25) is 23.6 Å². The molecule has 4 unspecified atom stereocenters. The number of carboxylic acids is 1. The van der Waals surface area contributed by atoms with Crippen LogP contribution in [0.1, 0.15) is 24.8 Å². The lowest BCUT2D eigenvalue weighted by molar-refractivity contribution is -0.144. The minimum Gasteiger partial charge on any atom is -0.480 e. The molecule has 1 aliphatic rings. The van der Waals surface area contributed by atoms with Crippen molar-refractivity contribution in [2.24, 2.45) is 11.5 Å². The number of carboxylic acid groups (broad SMARTS) is 1. The summed E-state index contributed by atoms with van der Waals surface area (Å²) in [5.41, 5.74) is 11.5. The number of hydrogen-bond donors (Lipinski definition) is 6. The van der Waals surface area contributed by atoms with Crippen molar-refractivity contribution in [3.8, 4) is 0 Å². The minimum atomic E-state index is -1.54. The van der Waals surface area contributed by atoms with Gasteiger partial charge in [0.1, 0.15) is 18.1 Å². The van der Waals surface area contributed by atoms with E-state index in [2.05, 4.69) is 10.6 Å². The van der Waals surface area contributed by atoms with Crippen LogP contribution < -0.4 is 22.1 Å². The Morgan fingerprint density at radius 2 is 1.76 bits per heavy atom. The van der Waals surface area contributed by atoms with E-state index >= 15 is 0 Å². The summed E-state index contributed by atoms with van der Waals surface area (Å²) >= 11 is 0. The van der Waals surface area contributed by atoms with E-state index in [9.17, 15) is 29.1 Å². The SMILES string of the molecule is NC(=O)CC(N)C(=O)N1CCCC1C(=O)NC(Cc1ccccc1)C(=O)NC(CO)C(=O)O. The second-order valence-electron chi connectivity index (χ2n) is 7.80. The number of amides is 4. The van der Waals surface area contributed by atoms with Gasteiger partial charge in [-0.3, -0.25) is 19.2 Å². The van der Waals surface area contributed by atoms with Crippen molar-refractivity contribution >= 4 is 29.6 Å². The van der Waals surface area contributed by atoms with Gasteiger partial charge in [0.05, 0.1) is 19.1 Å². The van der Waals surface area contributed by atoms with Gasteiger partial charge < -0.3 is 37.2 Å². The third kappa shape index (κ3) is 7.26. The van der Waals surface area contributed by atoms with Crippen LogP contribution in [-0.2, 0) is 30.4 Å². The number of nitrogens with one attached hydrogen (secondary N) is 2. The lowest BCUT2D eigenvalue weighted by atomic mass is 10.0. The molecule has 12 nitrogen and oxygen atoms in total. The third-order valence-electron chi connectivity index (χ3n) is 5.29. The molecule has 1 aromatic rings. The maximum Gasteiger partial charge on any atom is 0.328 e. The number of benzene rings is 1. The van der Waals surface area contributed by atoms with Crippen LogP contribution in [0.4, 0.5) is 0 Å². The number of aliphatic hydroxyl groups excluding tert-OH is 1. The molecule has 0 aliphatic carbocycles. The lowest BCUT2D eigenvalue weighted by Crippen LogP contribution is -2.57. The second kappa shape index (κ2) is 11.9. The van der Waals surface area contributed by atoms with E-state index in [0.717, 1.165) is 0 Å². The molecule has 4 atom stereocenters. The molecule has 180 valence electrons. The summed E-state index contributed by atoms with van der Waals surface area (Å²) in [6.07, 6.45) is 0.543. The number of aliphatic carboxylic acids is 1. The predicted octanol–water partition coefficient (Wildman–Crippen LogP) is -2.53. The first kappa shape index (κ1) is 25.7. The van der Waals surface area contributed by atoms with Gasteiger partial charge in [-0.1, -0.05) is 30.3 Å². The van der Waals surface area contributed by atoms with Crippen LogP contribution in [0.5, 0.6) is 0 Å². The highest BCUT2D eigenvalue weighted by Crippen LogP contribution is 2.19. The standard InChI is InChI=1S/C21H29N5O7/c22-13(10-17(23)28)20(31)26-8-4-7-16(26)19(30)24-14(9-12-5-2-1-3-6-12)18(29)25-15(11-27)21(32)33/h1-3,5-6,13-16,27H,4,7-11,22H2,(H2,23,28)(H,24,30)(H,25,29)(H,32,33). The number of nitrogens with zero attached hydrogens (tertiary/aromatic N) is 1. The topological polar surface area (TPSA) is 205 Å². The molecule has 0 radical (unpaired) electrons. The zero-order chi connectivity index (χ0) is 24.5. The molecule has 1 aromatic carbocycles. The van der Waals surface area contributed by atoms with Crippen LogP contribution in [-0.4, -0.2) is 82.0 Å². The summed E-state index contributed by atoms with van der Waals surface area (Å²) in [5, 5.41) is 23.1. The normalized spacial score (nSPS) is 18.1. The Morgan fingerprint density at radius 3 is 2.33 bits per heavy atom. The summed E-state index contributed by atoms with van der Waals surface area (Å²) in [4.78, 5) is 61.9. The molecule has 33 heavy (non-hydrogen) atoms. The van der Waals surface area contributed by atoms with E-state index in [1.165, 1.54) is 4.90 Å². The lowest BCUT2D eigenvalue weighted by Gasteiger charge is -2.28. The first-order valence-corrected chi connectivity index (χ1v) is 10.5. The molecule has 0 spiro atoms. The quantitative estimate of drug-likeness (QED) is 0.206. The Morgan fingerprint density at radius 1 is 1.09 bits per heavy atom. The fourth-order valence-electron chi connectivity index (χ4n) is 3.60. The third-order valence-corrected chi connectivity index (χ3v) is 5.29. The molecule has 1 aliphatic heterocycles. The van der Waals surface area contributed by atoms with Crippen LogP contribution in [0, 0.1) is 0 Å². The highest BCUT2D eigenvalue weighted by molar-refractivity contribution is 5.95. The van der Waals surface area contributed by atoms with Crippen molar-refractivity contribution in [1.29, 1.82) is 0 Å². The number of nitrogens with two attached hydrogens (primary N) is 2. The van der Waals surface area contributed by atoms with E-state index < -0.39 is 60.4 Å². The summed E-state index contributed by atoms with van der Waals surface area (Å²) in [6.45, 7) is -0.569. The fourth-order valence-corrected chi connectivity index (χ4v) is 3.60. The minimum absolute atomic E-state index is 0.0536. The number of hydrogen-bond acceptors (Lipinski definition) is 7. The summed E-state index contributed by atoms with van der Waals surface area (Å²) in [6, 6.07) is 3.96. The molecular weight excluding hydrogens is 434 g/mol. The largest absolute Gasteiger partial charge is 0.480 e. The highest BCUT2D eigenvalue weighted by atomic mass is 16.4. The van der Waals surface area contributed by atoms with Crippen LogP contribution in [0.2, 0.25) is 0 Å². The number of carbonyl (C=O) groups is 5. The van der Waals surface area contributed by atoms with E-state index in [0.29, 0.717) is 18.4 Å². The van der Waals surface area contributed by atoms with Crippen LogP contribution in [0.15, 0.2) is 30.3 Å². The van der Waals surface area contributed by atoms with Gasteiger partial charge in [0, 0.05) is 13.0 Å².